The summed E-state index contributed by atoms with van der Waals surface area (Å²) in [7, 11) is 0. The number of aliphatic hydroxyl groups is 1. The molecule has 0 saturated carbocycles. The largest absolute Gasteiger partial charge is 0.396 e. The van der Waals surface area contributed by atoms with Crippen LogP contribution in [0.15, 0.2) is 11.6 Å². The molecule has 2 aromatic rings. The van der Waals surface area contributed by atoms with Crippen LogP contribution in [0.1, 0.15) is 31.9 Å². The summed E-state index contributed by atoms with van der Waals surface area (Å²) in [5, 5.41) is 12.2. The van der Waals surface area contributed by atoms with Crippen molar-refractivity contribution in [3.63, 3.8) is 0 Å². The van der Waals surface area contributed by atoms with E-state index in [-0.39, 0.29) is 5.41 Å². The van der Waals surface area contributed by atoms with Crippen molar-refractivity contribution in [3.8, 4) is 0 Å². The zero-order chi connectivity index (χ0) is 14.2. The second-order valence-electron chi connectivity index (χ2n) is 5.69. The number of aromatic nitrogens is 2. The summed E-state index contributed by atoms with van der Waals surface area (Å²) in [6.45, 7) is 5.35. The molecule has 110 valence electrons. The van der Waals surface area contributed by atoms with Crippen LogP contribution < -0.4 is 0 Å². The summed E-state index contributed by atoms with van der Waals surface area (Å²) < 4.78 is 2.08. The van der Waals surface area contributed by atoms with Crippen LogP contribution in [0.4, 0.5) is 0 Å². The Balaban J connectivity index is 1.71. The van der Waals surface area contributed by atoms with Crippen molar-refractivity contribution in [1.82, 2.24) is 14.3 Å². The predicted molar refractivity (Wildman–Crippen MR) is 82.4 cm³/mol. The maximum atomic E-state index is 9.59. The Kier molecular flexibility index (Phi) is 4.04. The van der Waals surface area contributed by atoms with E-state index < -0.39 is 0 Å². The summed E-state index contributed by atoms with van der Waals surface area (Å²) in [6.07, 6.45) is 5.20. The molecule has 1 aliphatic rings. The van der Waals surface area contributed by atoms with Crippen molar-refractivity contribution >= 4 is 27.9 Å². The molecule has 3 rings (SSSR count). The van der Waals surface area contributed by atoms with Crippen LogP contribution in [0.25, 0.3) is 4.96 Å². The highest BCUT2D eigenvalue weighted by Crippen LogP contribution is 2.35. The van der Waals surface area contributed by atoms with Gasteiger partial charge in [0.15, 0.2) is 10.1 Å². The van der Waals surface area contributed by atoms with E-state index in [0.29, 0.717) is 11.8 Å². The minimum atomic E-state index is 0.134. The molecule has 2 aromatic heterocycles. The molecule has 3 heterocycles. The Morgan fingerprint density at radius 1 is 1.45 bits per heavy atom. The first kappa shape index (κ1) is 14.3. The Morgan fingerprint density at radius 3 is 2.85 bits per heavy atom. The lowest BCUT2D eigenvalue weighted by Gasteiger charge is -2.40. The summed E-state index contributed by atoms with van der Waals surface area (Å²) in [6, 6.07) is 0. The lowest BCUT2D eigenvalue weighted by molar-refractivity contribution is 0.0378. The summed E-state index contributed by atoms with van der Waals surface area (Å²) >= 11 is 7.85. The van der Waals surface area contributed by atoms with E-state index in [0.717, 1.165) is 49.6 Å². The number of fused-ring (bicyclic) bond motifs is 1. The van der Waals surface area contributed by atoms with Gasteiger partial charge in [0, 0.05) is 24.7 Å². The van der Waals surface area contributed by atoms with Crippen LogP contribution in [0.5, 0.6) is 0 Å². The molecular weight excluding hydrogens is 294 g/mol. The van der Waals surface area contributed by atoms with E-state index in [1.807, 2.05) is 11.6 Å². The zero-order valence-electron chi connectivity index (χ0n) is 11.7. The molecule has 6 heteroatoms. The van der Waals surface area contributed by atoms with Crippen LogP contribution in [-0.2, 0) is 6.54 Å². The number of hydrogen-bond donors (Lipinski definition) is 1. The Bertz CT molecular complexity index is 580. The lowest BCUT2D eigenvalue weighted by Crippen LogP contribution is -2.41. The van der Waals surface area contributed by atoms with E-state index in [4.69, 9.17) is 11.6 Å². The molecule has 1 saturated heterocycles. The van der Waals surface area contributed by atoms with Crippen molar-refractivity contribution < 1.29 is 5.11 Å². The third kappa shape index (κ3) is 2.48. The monoisotopic (exact) mass is 313 g/mol. The number of imidazole rings is 1. The molecule has 0 spiro atoms. The van der Waals surface area contributed by atoms with Gasteiger partial charge in [-0.2, -0.15) is 0 Å². The third-order valence-corrected chi connectivity index (χ3v) is 5.75. The molecule has 0 unspecified atom stereocenters. The molecule has 1 N–H and O–H groups in total. The molecule has 1 fully saturated rings. The number of piperidine rings is 1. The highest BCUT2D eigenvalue weighted by Gasteiger charge is 2.32. The van der Waals surface area contributed by atoms with Crippen LogP contribution in [0.3, 0.4) is 0 Å². The highest BCUT2D eigenvalue weighted by atomic mass is 35.5. The second-order valence-corrected chi connectivity index (χ2v) is 6.92. The molecule has 0 radical (unpaired) electrons. The van der Waals surface area contributed by atoms with E-state index in [9.17, 15) is 5.11 Å². The maximum Gasteiger partial charge on any atom is 0.195 e. The summed E-state index contributed by atoms with van der Waals surface area (Å²) in [5.41, 5.74) is 1.21. The van der Waals surface area contributed by atoms with Gasteiger partial charge < -0.3 is 5.11 Å². The van der Waals surface area contributed by atoms with Gasteiger partial charge in [0.25, 0.3) is 0 Å². The van der Waals surface area contributed by atoms with Gasteiger partial charge in [-0.15, -0.1) is 11.3 Å². The number of thiazole rings is 1. The molecule has 4 nitrogen and oxygen atoms in total. The van der Waals surface area contributed by atoms with Gasteiger partial charge in [0.2, 0.25) is 0 Å². The first-order valence-corrected chi connectivity index (χ1v) is 8.36. The summed E-state index contributed by atoms with van der Waals surface area (Å²) in [5.74, 6) is 0. The number of nitrogens with zero attached hydrogens (tertiary/aromatic N) is 3. The molecule has 0 aromatic carbocycles. The number of hydrogen-bond acceptors (Lipinski definition) is 4. The van der Waals surface area contributed by atoms with Gasteiger partial charge in [-0.25, -0.2) is 4.98 Å². The van der Waals surface area contributed by atoms with E-state index >= 15 is 0 Å². The van der Waals surface area contributed by atoms with Gasteiger partial charge in [-0.05, 0) is 37.8 Å². The van der Waals surface area contributed by atoms with Crippen LogP contribution in [-0.4, -0.2) is 39.1 Å². The van der Waals surface area contributed by atoms with E-state index in [2.05, 4.69) is 21.2 Å². The van der Waals surface area contributed by atoms with Gasteiger partial charge in [0.05, 0.1) is 5.69 Å². The van der Waals surface area contributed by atoms with Crippen molar-refractivity contribution in [2.75, 3.05) is 19.7 Å². The molecule has 20 heavy (non-hydrogen) atoms. The minimum absolute atomic E-state index is 0.134. The lowest BCUT2D eigenvalue weighted by atomic mass is 9.77. The molecule has 0 aliphatic carbocycles. The zero-order valence-corrected chi connectivity index (χ0v) is 13.3. The van der Waals surface area contributed by atoms with Crippen LogP contribution in [0, 0.1) is 5.41 Å². The number of aliphatic hydroxyl groups excluding tert-OH is 1. The van der Waals surface area contributed by atoms with Gasteiger partial charge in [0.1, 0.15) is 0 Å². The quantitative estimate of drug-likeness (QED) is 0.943. The number of rotatable bonds is 4. The minimum Gasteiger partial charge on any atom is -0.396 e. The van der Waals surface area contributed by atoms with Crippen molar-refractivity contribution in [3.05, 3.63) is 22.4 Å². The van der Waals surface area contributed by atoms with Gasteiger partial charge in [-0.3, -0.25) is 9.30 Å². The Morgan fingerprint density at radius 2 is 2.20 bits per heavy atom. The average molecular weight is 314 g/mol. The standard InChI is InChI=1S/C14H20ClN3OS/c1-2-14(10-19)3-5-17(6-4-14)9-11-12(15)16-13-18(11)7-8-20-13/h7-8,19H,2-6,9-10H2,1H3. The molecule has 0 amide bonds. The SMILES string of the molecule is CCC1(CO)CCN(Cc2c(Cl)nc3sccn23)CC1. The highest BCUT2D eigenvalue weighted by molar-refractivity contribution is 7.15. The average Bonchev–Trinajstić information content (AvgIpc) is 3.03. The molecule has 1 aliphatic heterocycles. The van der Waals surface area contributed by atoms with E-state index in [1.165, 1.54) is 0 Å². The topological polar surface area (TPSA) is 40.8 Å². The fourth-order valence-corrected chi connectivity index (χ4v) is 3.98. The summed E-state index contributed by atoms with van der Waals surface area (Å²) in [4.78, 5) is 7.75. The third-order valence-electron chi connectivity index (χ3n) is 4.69. The first-order valence-electron chi connectivity index (χ1n) is 7.10. The number of halogens is 1. The van der Waals surface area contributed by atoms with E-state index in [1.54, 1.807) is 11.3 Å². The molecule has 0 bridgehead atoms. The van der Waals surface area contributed by atoms with Crippen molar-refractivity contribution in [1.29, 1.82) is 0 Å². The fourth-order valence-electron chi connectivity index (χ4n) is 2.97. The van der Waals surface area contributed by atoms with Gasteiger partial charge >= 0.3 is 0 Å². The predicted octanol–water partition coefficient (Wildman–Crippen LogP) is 3.03. The van der Waals surface area contributed by atoms with Crippen molar-refractivity contribution in [2.24, 2.45) is 5.41 Å². The smallest absolute Gasteiger partial charge is 0.195 e. The Labute approximate surface area is 128 Å². The second kappa shape index (κ2) is 5.64. The number of likely N-dealkylation sites (tertiary alicyclic amines) is 1. The van der Waals surface area contributed by atoms with Crippen LogP contribution >= 0.6 is 22.9 Å². The van der Waals surface area contributed by atoms with Gasteiger partial charge in [-0.1, -0.05) is 18.5 Å². The Hall–Kier alpha value is -0.620. The van der Waals surface area contributed by atoms with Crippen molar-refractivity contribution in [2.45, 2.75) is 32.7 Å². The fraction of sp³-hybridized carbons (Fsp3) is 0.643. The first-order chi connectivity index (χ1) is 9.67. The normalized spacial score (nSPS) is 19.8. The van der Waals surface area contributed by atoms with Crippen LogP contribution in [0.2, 0.25) is 5.15 Å². The maximum absolute atomic E-state index is 9.59. The molecule has 0 atom stereocenters. The molecular formula is C14H20ClN3OS.